The van der Waals surface area contributed by atoms with E-state index in [2.05, 4.69) is 10.2 Å². The van der Waals surface area contributed by atoms with Crippen molar-refractivity contribution in [2.75, 3.05) is 25.0 Å². The van der Waals surface area contributed by atoms with Gasteiger partial charge in [-0.3, -0.25) is 14.5 Å². The van der Waals surface area contributed by atoms with Crippen LogP contribution in [0.15, 0.2) is 24.3 Å². The molecule has 5 heteroatoms. The monoisotopic (exact) mass is 318 g/mol. The lowest BCUT2D eigenvalue weighted by molar-refractivity contribution is -0.116. The summed E-state index contributed by atoms with van der Waals surface area (Å²) < 4.78 is 0. The fourth-order valence-electron chi connectivity index (χ4n) is 3.09. The summed E-state index contributed by atoms with van der Waals surface area (Å²) in [6, 6.07) is 7.35. The van der Waals surface area contributed by atoms with Crippen LogP contribution in [0.1, 0.15) is 49.4 Å². The van der Waals surface area contributed by atoms with Crippen LogP contribution in [0.25, 0.3) is 0 Å². The maximum atomic E-state index is 12.1. The Bertz CT molecular complexity index is 526. The minimum absolute atomic E-state index is 0.0166. The molecule has 126 valence electrons. The van der Waals surface area contributed by atoms with E-state index in [0.29, 0.717) is 23.7 Å². The Labute approximate surface area is 137 Å². The fourth-order valence-corrected chi connectivity index (χ4v) is 3.09. The number of hydrogen-bond donors (Lipinski definition) is 2. The fraction of sp³-hybridized carbons (Fsp3) is 0.556. The van der Waals surface area contributed by atoms with E-state index in [4.69, 9.17) is 5.11 Å². The lowest BCUT2D eigenvalue weighted by Crippen LogP contribution is -2.41. The predicted molar refractivity (Wildman–Crippen MR) is 90.6 cm³/mol. The quantitative estimate of drug-likeness (QED) is 0.758. The summed E-state index contributed by atoms with van der Waals surface area (Å²) in [5.41, 5.74) is 1.36. The van der Waals surface area contributed by atoms with Gasteiger partial charge in [-0.25, -0.2) is 0 Å². The van der Waals surface area contributed by atoms with Crippen molar-refractivity contribution < 1.29 is 14.7 Å². The van der Waals surface area contributed by atoms with Crippen LogP contribution >= 0.6 is 0 Å². The third-order valence-corrected chi connectivity index (χ3v) is 4.41. The zero-order valence-electron chi connectivity index (χ0n) is 13.8. The normalized spacial score (nSPS) is 18.6. The number of rotatable bonds is 7. The molecule has 1 aliphatic heterocycles. The molecular formula is C18H26N2O3. The zero-order valence-corrected chi connectivity index (χ0v) is 13.8. The highest BCUT2D eigenvalue weighted by Gasteiger charge is 2.22. The molecule has 1 aromatic carbocycles. The zero-order chi connectivity index (χ0) is 16.7. The van der Waals surface area contributed by atoms with Crippen molar-refractivity contribution in [1.82, 2.24) is 4.90 Å². The van der Waals surface area contributed by atoms with E-state index in [-0.39, 0.29) is 18.3 Å². The summed E-state index contributed by atoms with van der Waals surface area (Å²) in [6.45, 7) is 3.46. The van der Waals surface area contributed by atoms with Crippen molar-refractivity contribution >= 4 is 17.4 Å². The van der Waals surface area contributed by atoms with E-state index in [1.165, 1.54) is 13.3 Å². The van der Waals surface area contributed by atoms with Gasteiger partial charge in [0, 0.05) is 36.9 Å². The van der Waals surface area contributed by atoms with Gasteiger partial charge in [0.25, 0.3) is 0 Å². The predicted octanol–water partition coefficient (Wildman–Crippen LogP) is 2.45. The number of aliphatic hydroxyl groups is 1. The number of hydrogen-bond acceptors (Lipinski definition) is 4. The standard InChI is InChI=1S/C18H26N2O3/c1-14(22)15-5-7-16(8-6-15)19-18(23)9-12-20-11-3-2-4-17(20)10-13-21/h5-8,17,21H,2-4,9-13H2,1H3,(H,19,23)/t17-/m1/s1. The van der Waals surface area contributed by atoms with E-state index in [9.17, 15) is 9.59 Å². The molecule has 23 heavy (non-hydrogen) atoms. The van der Waals surface area contributed by atoms with Crippen molar-refractivity contribution in [3.63, 3.8) is 0 Å². The van der Waals surface area contributed by atoms with E-state index >= 15 is 0 Å². The SMILES string of the molecule is CC(=O)c1ccc(NC(=O)CCN2CCCC[C@@H]2CCO)cc1. The van der Waals surface area contributed by atoms with Gasteiger partial charge < -0.3 is 10.4 Å². The number of Topliss-reactive ketones (excluding diaryl/α,β-unsaturated/α-hetero) is 1. The molecule has 0 spiro atoms. The number of amides is 1. The van der Waals surface area contributed by atoms with Gasteiger partial charge in [0.05, 0.1) is 0 Å². The summed E-state index contributed by atoms with van der Waals surface area (Å²) in [7, 11) is 0. The summed E-state index contributed by atoms with van der Waals surface area (Å²) in [6.07, 6.45) is 4.70. The van der Waals surface area contributed by atoms with Crippen LogP contribution in [-0.2, 0) is 4.79 Å². The number of likely N-dealkylation sites (tertiary alicyclic amines) is 1. The number of benzene rings is 1. The molecule has 1 heterocycles. The number of carbonyl (C=O) groups is 2. The maximum Gasteiger partial charge on any atom is 0.225 e. The van der Waals surface area contributed by atoms with E-state index in [1.54, 1.807) is 24.3 Å². The molecule has 0 unspecified atom stereocenters. The molecular weight excluding hydrogens is 292 g/mol. The van der Waals surface area contributed by atoms with Gasteiger partial charge in [0.15, 0.2) is 5.78 Å². The van der Waals surface area contributed by atoms with Crippen LogP contribution in [-0.4, -0.2) is 47.4 Å². The number of aliphatic hydroxyl groups excluding tert-OH is 1. The minimum Gasteiger partial charge on any atom is -0.396 e. The van der Waals surface area contributed by atoms with Crippen LogP contribution in [0.5, 0.6) is 0 Å². The molecule has 1 aromatic rings. The third kappa shape index (κ3) is 5.44. The van der Waals surface area contributed by atoms with Crippen LogP contribution < -0.4 is 5.32 Å². The molecule has 2 rings (SSSR count). The second-order valence-corrected chi connectivity index (χ2v) is 6.13. The second kappa shape index (κ2) is 8.79. The van der Waals surface area contributed by atoms with Crippen molar-refractivity contribution in [1.29, 1.82) is 0 Å². The van der Waals surface area contributed by atoms with Crippen LogP contribution in [0.4, 0.5) is 5.69 Å². The van der Waals surface area contributed by atoms with E-state index < -0.39 is 0 Å². The first kappa shape index (κ1) is 17.6. The van der Waals surface area contributed by atoms with E-state index in [0.717, 1.165) is 32.4 Å². The third-order valence-electron chi connectivity index (χ3n) is 4.41. The smallest absolute Gasteiger partial charge is 0.225 e. The van der Waals surface area contributed by atoms with Crippen molar-refractivity contribution in [3.8, 4) is 0 Å². The maximum absolute atomic E-state index is 12.1. The highest BCUT2D eigenvalue weighted by Crippen LogP contribution is 2.19. The molecule has 2 N–H and O–H groups in total. The van der Waals surface area contributed by atoms with Gasteiger partial charge in [-0.1, -0.05) is 6.42 Å². The number of piperidine rings is 1. The molecule has 0 bridgehead atoms. The van der Waals surface area contributed by atoms with Crippen molar-refractivity contribution in [2.24, 2.45) is 0 Å². The Morgan fingerprint density at radius 1 is 1.26 bits per heavy atom. The number of ketones is 1. The second-order valence-electron chi connectivity index (χ2n) is 6.13. The molecule has 1 amide bonds. The molecule has 1 saturated heterocycles. The van der Waals surface area contributed by atoms with Crippen LogP contribution in [0, 0.1) is 0 Å². The Balaban J connectivity index is 1.81. The number of nitrogens with one attached hydrogen (secondary N) is 1. The highest BCUT2D eigenvalue weighted by atomic mass is 16.3. The Morgan fingerprint density at radius 3 is 2.65 bits per heavy atom. The first-order valence-corrected chi connectivity index (χ1v) is 8.36. The Morgan fingerprint density at radius 2 is 2.00 bits per heavy atom. The van der Waals surface area contributed by atoms with Crippen molar-refractivity contribution in [2.45, 2.75) is 45.1 Å². The molecule has 0 aliphatic carbocycles. The van der Waals surface area contributed by atoms with Crippen LogP contribution in [0.2, 0.25) is 0 Å². The van der Waals surface area contributed by atoms with Gasteiger partial charge in [0.2, 0.25) is 5.91 Å². The lowest BCUT2D eigenvalue weighted by atomic mass is 9.99. The van der Waals surface area contributed by atoms with Gasteiger partial charge >= 0.3 is 0 Å². The molecule has 5 nitrogen and oxygen atoms in total. The van der Waals surface area contributed by atoms with Crippen LogP contribution in [0.3, 0.4) is 0 Å². The summed E-state index contributed by atoms with van der Waals surface area (Å²) in [5, 5.41) is 12.0. The summed E-state index contributed by atoms with van der Waals surface area (Å²) >= 11 is 0. The Kier molecular flexibility index (Phi) is 6.74. The Hall–Kier alpha value is -1.72. The molecule has 0 radical (unpaired) electrons. The molecule has 0 aromatic heterocycles. The molecule has 1 atom stereocenters. The average molecular weight is 318 g/mol. The lowest BCUT2D eigenvalue weighted by Gasteiger charge is -2.35. The summed E-state index contributed by atoms with van der Waals surface area (Å²) in [4.78, 5) is 25.6. The largest absolute Gasteiger partial charge is 0.396 e. The highest BCUT2D eigenvalue weighted by molar-refractivity contribution is 5.95. The molecule has 0 saturated carbocycles. The number of carbonyl (C=O) groups excluding carboxylic acids is 2. The average Bonchev–Trinajstić information content (AvgIpc) is 2.55. The number of nitrogens with zero attached hydrogens (tertiary/aromatic N) is 1. The molecule has 1 fully saturated rings. The van der Waals surface area contributed by atoms with Crippen molar-refractivity contribution in [3.05, 3.63) is 29.8 Å². The first-order chi connectivity index (χ1) is 11.1. The van der Waals surface area contributed by atoms with Gasteiger partial charge in [-0.2, -0.15) is 0 Å². The van der Waals surface area contributed by atoms with E-state index in [1.807, 2.05) is 0 Å². The topological polar surface area (TPSA) is 69.6 Å². The first-order valence-electron chi connectivity index (χ1n) is 8.36. The van der Waals surface area contributed by atoms with Gasteiger partial charge in [-0.05, 0) is 57.0 Å². The summed E-state index contributed by atoms with van der Waals surface area (Å²) in [5.74, 6) is -0.00297. The molecule has 1 aliphatic rings. The van der Waals surface area contributed by atoms with Gasteiger partial charge in [-0.15, -0.1) is 0 Å². The minimum atomic E-state index is -0.0195. The number of anilines is 1. The van der Waals surface area contributed by atoms with Gasteiger partial charge in [0.1, 0.15) is 0 Å².